The molecule has 2 fully saturated rings. The molecule has 24 heavy (non-hydrogen) atoms. The Bertz CT molecular complexity index is 571. The zero-order valence-electron chi connectivity index (χ0n) is 13.6. The van der Waals surface area contributed by atoms with Crippen LogP contribution in [0.2, 0.25) is 0 Å². The van der Waals surface area contributed by atoms with Crippen molar-refractivity contribution >= 4 is 21.9 Å². The number of ether oxygens (including phenoxy) is 3. The summed E-state index contributed by atoms with van der Waals surface area (Å²) in [5.41, 5.74) is 1.03. The van der Waals surface area contributed by atoms with Gasteiger partial charge in [0, 0.05) is 10.9 Å². The van der Waals surface area contributed by atoms with E-state index in [1.807, 2.05) is 18.2 Å². The van der Waals surface area contributed by atoms with E-state index in [2.05, 4.69) is 15.9 Å². The number of carboxylic acids is 1. The van der Waals surface area contributed by atoms with Gasteiger partial charge in [-0.2, -0.15) is 0 Å². The Morgan fingerprint density at radius 1 is 1.29 bits per heavy atom. The molecule has 0 bridgehead atoms. The highest BCUT2D eigenvalue weighted by Gasteiger charge is 2.29. The van der Waals surface area contributed by atoms with E-state index in [-0.39, 0.29) is 0 Å². The van der Waals surface area contributed by atoms with Crippen molar-refractivity contribution in [3.63, 3.8) is 0 Å². The minimum atomic E-state index is -0.784. The summed E-state index contributed by atoms with van der Waals surface area (Å²) in [5, 5.41) is 9.14. The summed E-state index contributed by atoms with van der Waals surface area (Å²) in [6, 6.07) is 5.73. The molecule has 1 saturated carbocycles. The Kier molecular flexibility index (Phi) is 6.14. The molecule has 2 atom stereocenters. The maximum Gasteiger partial charge on any atom is 0.306 e. The third-order valence-corrected chi connectivity index (χ3v) is 5.43. The highest BCUT2D eigenvalue weighted by atomic mass is 79.9. The molecule has 2 unspecified atom stereocenters. The van der Waals surface area contributed by atoms with Crippen LogP contribution in [-0.4, -0.2) is 30.1 Å². The van der Waals surface area contributed by atoms with Gasteiger partial charge in [0.05, 0.1) is 25.2 Å². The lowest BCUT2D eigenvalue weighted by atomic mass is 10.00. The Labute approximate surface area is 150 Å². The summed E-state index contributed by atoms with van der Waals surface area (Å²) in [4.78, 5) is 11.1. The molecule has 0 amide bonds. The molecule has 2 aliphatic rings. The first-order chi connectivity index (χ1) is 11.6. The van der Waals surface area contributed by atoms with Gasteiger partial charge in [-0.15, -0.1) is 0 Å². The summed E-state index contributed by atoms with van der Waals surface area (Å²) < 4.78 is 18.3. The van der Waals surface area contributed by atoms with Gasteiger partial charge >= 0.3 is 5.97 Å². The quantitative estimate of drug-likeness (QED) is 0.780. The van der Waals surface area contributed by atoms with Gasteiger partial charge in [-0.05, 0) is 43.0 Å². The van der Waals surface area contributed by atoms with Crippen LogP contribution in [0.1, 0.15) is 44.1 Å². The molecule has 1 aliphatic carbocycles. The third-order valence-electron chi connectivity index (χ3n) is 4.66. The predicted octanol–water partition coefficient (Wildman–Crippen LogP) is 4.12. The molecule has 1 N–H and O–H groups in total. The van der Waals surface area contributed by atoms with Crippen LogP contribution >= 0.6 is 15.9 Å². The van der Waals surface area contributed by atoms with Crippen LogP contribution in [0.3, 0.4) is 0 Å². The number of halogens is 1. The maximum absolute atomic E-state index is 11.1. The molecule has 1 aliphatic heterocycles. The van der Waals surface area contributed by atoms with Crippen molar-refractivity contribution in [1.29, 1.82) is 0 Å². The zero-order chi connectivity index (χ0) is 16.9. The fourth-order valence-electron chi connectivity index (χ4n) is 3.22. The fraction of sp³-hybridized carbons (Fsp3) is 0.611. The average molecular weight is 399 g/mol. The number of benzene rings is 1. The van der Waals surface area contributed by atoms with Crippen molar-refractivity contribution < 1.29 is 24.1 Å². The number of rotatable bonds is 6. The van der Waals surface area contributed by atoms with Crippen molar-refractivity contribution in [3.8, 4) is 5.75 Å². The largest absolute Gasteiger partial charge is 0.481 e. The van der Waals surface area contributed by atoms with E-state index in [1.54, 1.807) is 0 Å². The second kappa shape index (κ2) is 8.32. The van der Waals surface area contributed by atoms with E-state index in [0.717, 1.165) is 22.9 Å². The van der Waals surface area contributed by atoms with Crippen LogP contribution in [-0.2, 0) is 20.9 Å². The molecule has 0 radical (unpaired) electrons. The van der Waals surface area contributed by atoms with Crippen molar-refractivity contribution in [3.05, 3.63) is 28.2 Å². The van der Waals surface area contributed by atoms with Gasteiger partial charge in [0.25, 0.3) is 0 Å². The van der Waals surface area contributed by atoms with E-state index in [1.165, 1.54) is 12.8 Å². The van der Waals surface area contributed by atoms with Gasteiger partial charge in [-0.3, -0.25) is 4.79 Å². The highest BCUT2D eigenvalue weighted by molar-refractivity contribution is 9.10. The van der Waals surface area contributed by atoms with Gasteiger partial charge < -0.3 is 19.3 Å². The minimum absolute atomic E-state index is 0.361. The van der Waals surface area contributed by atoms with E-state index in [4.69, 9.17) is 19.3 Å². The van der Waals surface area contributed by atoms with Crippen molar-refractivity contribution in [1.82, 2.24) is 0 Å². The van der Waals surface area contributed by atoms with Gasteiger partial charge in [0.1, 0.15) is 5.75 Å². The molecule has 132 valence electrons. The van der Waals surface area contributed by atoms with E-state index >= 15 is 0 Å². The van der Waals surface area contributed by atoms with Crippen LogP contribution < -0.4 is 4.74 Å². The molecule has 6 heteroatoms. The summed E-state index contributed by atoms with van der Waals surface area (Å²) in [6.45, 7) is 0.960. The first-order valence-electron chi connectivity index (χ1n) is 8.53. The first-order valence-corrected chi connectivity index (χ1v) is 9.32. The zero-order valence-corrected chi connectivity index (χ0v) is 15.2. The summed E-state index contributed by atoms with van der Waals surface area (Å²) in [5.74, 6) is -0.503. The molecule has 1 saturated heterocycles. The van der Waals surface area contributed by atoms with Crippen molar-refractivity contribution in [2.75, 3.05) is 6.61 Å². The summed E-state index contributed by atoms with van der Waals surface area (Å²) in [6.07, 6.45) is 5.54. The molecule has 1 heterocycles. The minimum Gasteiger partial charge on any atom is -0.481 e. The Balaban J connectivity index is 1.59. The molecule has 0 spiro atoms. The van der Waals surface area contributed by atoms with Crippen LogP contribution in [0, 0.1) is 5.92 Å². The average Bonchev–Trinajstić information content (AvgIpc) is 3.09. The van der Waals surface area contributed by atoms with Gasteiger partial charge in [0.2, 0.25) is 6.29 Å². The summed E-state index contributed by atoms with van der Waals surface area (Å²) in [7, 11) is 0. The molecular weight excluding hydrogens is 376 g/mol. The summed E-state index contributed by atoms with van der Waals surface area (Å²) >= 11 is 3.55. The van der Waals surface area contributed by atoms with Crippen molar-refractivity contribution in [2.45, 2.75) is 57.5 Å². The normalized spacial score (nSPS) is 24.9. The molecule has 1 aromatic rings. The van der Waals surface area contributed by atoms with Crippen molar-refractivity contribution in [2.24, 2.45) is 5.92 Å². The van der Waals surface area contributed by atoms with Crippen LogP contribution in [0.15, 0.2) is 22.7 Å². The first kappa shape index (κ1) is 17.7. The number of carboxylic acid groups (broad SMARTS) is 1. The number of hydrogen-bond donors (Lipinski definition) is 1. The highest BCUT2D eigenvalue weighted by Crippen LogP contribution is 2.29. The lowest BCUT2D eigenvalue weighted by molar-refractivity contribution is -0.159. The Morgan fingerprint density at radius 2 is 2.08 bits per heavy atom. The van der Waals surface area contributed by atoms with Crippen LogP contribution in [0.4, 0.5) is 0 Å². The standard InChI is InChI=1S/C18H23BrO5/c19-16-6-5-15(9-13(16)11-23-14-3-1-2-4-14)24-17-10-12(18(20)21)7-8-22-17/h5-6,9,12,14,17H,1-4,7-8,10-11H2,(H,20,21). The fourth-order valence-corrected chi connectivity index (χ4v) is 3.58. The second-order valence-corrected chi connectivity index (χ2v) is 7.30. The lowest BCUT2D eigenvalue weighted by Crippen LogP contribution is -2.33. The van der Waals surface area contributed by atoms with Gasteiger partial charge in [-0.1, -0.05) is 28.8 Å². The molecule has 0 aromatic heterocycles. The van der Waals surface area contributed by atoms with Crippen LogP contribution in [0.25, 0.3) is 0 Å². The second-order valence-electron chi connectivity index (χ2n) is 6.45. The number of aliphatic carboxylic acids is 1. The van der Waals surface area contributed by atoms with Gasteiger partial charge in [-0.25, -0.2) is 0 Å². The molecule has 5 nitrogen and oxygen atoms in total. The van der Waals surface area contributed by atoms with Crippen LogP contribution in [0.5, 0.6) is 5.75 Å². The topological polar surface area (TPSA) is 65.0 Å². The monoisotopic (exact) mass is 398 g/mol. The van der Waals surface area contributed by atoms with Gasteiger partial charge in [0.15, 0.2) is 0 Å². The maximum atomic E-state index is 11.1. The Morgan fingerprint density at radius 3 is 2.83 bits per heavy atom. The smallest absolute Gasteiger partial charge is 0.306 e. The number of carbonyl (C=O) groups is 1. The Hall–Kier alpha value is -1.11. The van der Waals surface area contributed by atoms with E-state index in [0.29, 0.717) is 37.9 Å². The molecular formula is C18H23BrO5. The predicted molar refractivity (Wildman–Crippen MR) is 91.9 cm³/mol. The molecule has 3 rings (SSSR count). The lowest BCUT2D eigenvalue weighted by Gasteiger charge is -2.27. The third kappa shape index (κ3) is 4.71. The van der Waals surface area contributed by atoms with E-state index < -0.39 is 18.2 Å². The van der Waals surface area contributed by atoms with E-state index in [9.17, 15) is 4.79 Å². The molecule has 1 aromatic carbocycles. The number of hydrogen-bond acceptors (Lipinski definition) is 4. The SMILES string of the molecule is O=C(O)C1CCOC(Oc2ccc(Br)c(COC3CCCC3)c2)C1.